The van der Waals surface area contributed by atoms with Crippen LogP contribution in [0.25, 0.3) is 0 Å². The summed E-state index contributed by atoms with van der Waals surface area (Å²) in [7, 11) is 0. The lowest BCUT2D eigenvalue weighted by atomic mass is 10.1. The minimum atomic E-state index is -0.0955. The summed E-state index contributed by atoms with van der Waals surface area (Å²) in [5.41, 5.74) is 0. The molecule has 0 aliphatic carbocycles. The number of hydrogen-bond donors (Lipinski definition) is 0. The number of allylic oxidation sites excluding steroid dienone is 2. The SMILES string of the molecule is CCOC(=O)CCCCCCC=CC#N. The van der Waals surface area contributed by atoms with E-state index in [-0.39, 0.29) is 5.97 Å². The van der Waals surface area contributed by atoms with Crippen molar-refractivity contribution in [1.29, 1.82) is 5.26 Å². The lowest BCUT2D eigenvalue weighted by Gasteiger charge is -2.01. The van der Waals surface area contributed by atoms with Crippen LogP contribution in [0.15, 0.2) is 12.2 Å². The molecule has 0 atom stereocenters. The first-order chi connectivity index (χ1) is 7.31. The lowest BCUT2D eigenvalue weighted by Crippen LogP contribution is -2.02. The fourth-order valence-corrected chi connectivity index (χ4v) is 1.25. The summed E-state index contributed by atoms with van der Waals surface area (Å²) in [6.45, 7) is 2.29. The molecule has 0 bridgehead atoms. The van der Waals surface area contributed by atoms with Crippen LogP contribution in [0.2, 0.25) is 0 Å². The number of ether oxygens (including phenoxy) is 1. The zero-order chi connectivity index (χ0) is 11.4. The van der Waals surface area contributed by atoms with E-state index in [2.05, 4.69) is 0 Å². The summed E-state index contributed by atoms with van der Waals surface area (Å²) in [6.07, 6.45) is 9.02. The number of hydrogen-bond acceptors (Lipinski definition) is 3. The fraction of sp³-hybridized carbons (Fsp3) is 0.667. The standard InChI is InChI=1S/C12H19NO2/c1-2-15-12(14)10-8-6-4-3-5-7-9-11-13/h7,9H,2-6,8,10H2,1H3. The molecular formula is C12H19NO2. The van der Waals surface area contributed by atoms with E-state index in [0.717, 1.165) is 32.1 Å². The van der Waals surface area contributed by atoms with E-state index in [4.69, 9.17) is 10.00 Å². The Morgan fingerprint density at radius 3 is 2.73 bits per heavy atom. The normalized spacial score (nSPS) is 10.1. The monoisotopic (exact) mass is 209 g/mol. The number of carbonyl (C=O) groups is 1. The van der Waals surface area contributed by atoms with E-state index >= 15 is 0 Å². The summed E-state index contributed by atoms with van der Waals surface area (Å²) in [6, 6.07) is 1.96. The van der Waals surface area contributed by atoms with Crippen LogP contribution in [0.5, 0.6) is 0 Å². The second-order valence-electron chi connectivity index (χ2n) is 3.29. The predicted molar refractivity (Wildman–Crippen MR) is 59.1 cm³/mol. The van der Waals surface area contributed by atoms with Gasteiger partial charge in [-0.1, -0.05) is 18.9 Å². The molecule has 0 aromatic rings. The fourth-order valence-electron chi connectivity index (χ4n) is 1.25. The Morgan fingerprint density at radius 2 is 2.07 bits per heavy atom. The zero-order valence-electron chi connectivity index (χ0n) is 9.37. The molecule has 0 radical (unpaired) electrons. The molecular weight excluding hydrogens is 190 g/mol. The average Bonchev–Trinajstić information content (AvgIpc) is 2.22. The van der Waals surface area contributed by atoms with E-state index < -0.39 is 0 Å². The van der Waals surface area contributed by atoms with Gasteiger partial charge in [0.05, 0.1) is 12.7 Å². The van der Waals surface area contributed by atoms with Gasteiger partial charge in [-0.3, -0.25) is 4.79 Å². The van der Waals surface area contributed by atoms with Gasteiger partial charge in [-0.25, -0.2) is 0 Å². The van der Waals surface area contributed by atoms with Crippen LogP contribution in [0.1, 0.15) is 45.4 Å². The van der Waals surface area contributed by atoms with E-state index in [9.17, 15) is 4.79 Å². The quantitative estimate of drug-likeness (QED) is 0.351. The Kier molecular flexibility index (Phi) is 9.84. The highest BCUT2D eigenvalue weighted by Gasteiger charge is 1.99. The van der Waals surface area contributed by atoms with E-state index in [1.54, 1.807) is 0 Å². The third kappa shape index (κ3) is 10.6. The van der Waals surface area contributed by atoms with Crippen molar-refractivity contribution in [3.63, 3.8) is 0 Å². The lowest BCUT2D eigenvalue weighted by molar-refractivity contribution is -0.143. The third-order valence-electron chi connectivity index (χ3n) is 2.00. The van der Waals surface area contributed by atoms with Crippen LogP contribution < -0.4 is 0 Å². The van der Waals surface area contributed by atoms with Crippen LogP contribution in [0.3, 0.4) is 0 Å². The van der Waals surface area contributed by atoms with Gasteiger partial charge in [0.2, 0.25) is 0 Å². The molecule has 0 saturated carbocycles. The second-order valence-corrected chi connectivity index (χ2v) is 3.29. The van der Waals surface area contributed by atoms with Crippen molar-refractivity contribution in [2.45, 2.75) is 45.4 Å². The molecule has 0 saturated heterocycles. The number of nitrogens with zero attached hydrogens (tertiary/aromatic N) is 1. The molecule has 0 aromatic heterocycles. The number of carbonyl (C=O) groups excluding carboxylic acids is 1. The Balaban J connectivity index is 3.15. The number of nitriles is 1. The number of rotatable bonds is 8. The highest BCUT2D eigenvalue weighted by molar-refractivity contribution is 5.69. The van der Waals surface area contributed by atoms with E-state index in [1.807, 2.05) is 19.1 Å². The van der Waals surface area contributed by atoms with Crippen LogP contribution >= 0.6 is 0 Å². The minimum absolute atomic E-state index is 0.0955. The number of esters is 1. The molecule has 0 aromatic carbocycles. The Labute approximate surface area is 91.7 Å². The molecule has 15 heavy (non-hydrogen) atoms. The summed E-state index contributed by atoms with van der Waals surface area (Å²) >= 11 is 0. The average molecular weight is 209 g/mol. The van der Waals surface area contributed by atoms with Crippen LogP contribution in [-0.4, -0.2) is 12.6 Å². The second kappa shape index (κ2) is 10.8. The molecule has 3 heteroatoms. The smallest absolute Gasteiger partial charge is 0.305 e. The maximum absolute atomic E-state index is 10.9. The maximum Gasteiger partial charge on any atom is 0.305 e. The highest BCUT2D eigenvalue weighted by atomic mass is 16.5. The van der Waals surface area contributed by atoms with Crippen molar-refractivity contribution in [2.75, 3.05) is 6.61 Å². The molecule has 0 heterocycles. The van der Waals surface area contributed by atoms with Crippen LogP contribution in [-0.2, 0) is 9.53 Å². The number of unbranched alkanes of at least 4 members (excludes halogenated alkanes) is 4. The van der Waals surface area contributed by atoms with Gasteiger partial charge in [-0.2, -0.15) is 5.26 Å². The molecule has 0 unspecified atom stereocenters. The molecule has 84 valence electrons. The topological polar surface area (TPSA) is 50.1 Å². The van der Waals surface area contributed by atoms with Gasteiger partial charge >= 0.3 is 5.97 Å². The molecule has 3 nitrogen and oxygen atoms in total. The summed E-state index contributed by atoms with van der Waals surface area (Å²) in [5, 5.41) is 8.23. The largest absolute Gasteiger partial charge is 0.466 e. The van der Waals surface area contributed by atoms with Gasteiger partial charge in [0.15, 0.2) is 0 Å². The summed E-state index contributed by atoms with van der Waals surface area (Å²) in [5.74, 6) is -0.0955. The Hall–Kier alpha value is -1.30. The van der Waals surface area contributed by atoms with Gasteiger partial charge < -0.3 is 4.74 Å². The van der Waals surface area contributed by atoms with Crippen molar-refractivity contribution >= 4 is 5.97 Å². The highest BCUT2D eigenvalue weighted by Crippen LogP contribution is 2.06. The first-order valence-corrected chi connectivity index (χ1v) is 5.51. The first-order valence-electron chi connectivity index (χ1n) is 5.51. The molecule has 0 N–H and O–H groups in total. The predicted octanol–water partition coefficient (Wildman–Crippen LogP) is 2.97. The molecule has 0 spiro atoms. The summed E-state index contributed by atoms with van der Waals surface area (Å²) < 4.78 is 4.82. The van der Waals surface area contributed by atoms with Gasteiger partial charge in [0, 0.05) is 12.5 Å². The Bertz CT molecular complexity index is 228. The minimum Gasteiger partial charge on any atom is -0.466 e. The molecule has 0 aliphatic heterocycles. The first kappa shape index (κ1) is 13.7. The molecule has 0 rings (SSSR count). The van der Waals surface area contributed by atoms with Crippen molar-refractivity contribution < 1.29 is 9.53 Å². The Morgan fingerprint density at radius 1 is 1.33 bits per heavy atom. The van der Waals surface area contributed by atoms with E-state index in [0.29, 0.717) is 13.0 Å². The molecule has 0 aliphatic rings. The molecule has 0 fully saturated rings. The van der Waals surface area contributed by atoms with Gasteiger partial charge in [0.1, 0.15) is 0 Å². The van der Waals surface area contributed by atoms with Crippen molar-refractivity contribution in [3.05, 3.63) is 12.2 Å². The summed E-state index contributed by atoms with van der Waals surface area (Å²) in [4.78, 5) is 10.9. The van der Waals surface area contributed by atoms with Crippen molar-refractivity contribution in [1.82, 2.24) is 0 Å². The van der Waals surface area contributed by atoms with Crippen molar-refractivity contribution in [3.8, 4) is 6.07 Å². The van der Waals surface area contributed by atoms with Gasteiger partial charge in [-0.15, -0.1) is 0 Å². The van der Waals surface area contributed by atoms with Gasteiger partial charge in [-0.05, 0) is 26.2 Å². The zero-order valence-corrected chi connectivity index (χ0v) is 9.37. The third-order valence-corrected chi connectivity index (χ3v) is 2.00. The van der Waals surface area contributed by atoms with Crippen molar-refractivity contribution in [2.24, 2.45) is 0 Å². The van der Waals surface area contributed by atoms with Crippen LogP contribution in [0, 0.1) is 11.3 Å². The maximum atomic E-state index is 10.9. The van der Waals surface area contributed by atoms with Crippen LogP contribution in [0.4, 0.5) is 0 Å². The van der Waals surface area contributed by atoms with Gasteiger partial charge in [0.25, 0.3) is 0 Å². The molecule has 0 amide bonds. The van der Waals surface area contributed by atoms with E-state index in [1.165, 1.54) is 6.08 Å².